The maximum Gasteiger partial charge on any atom is 0.265 e. The van der Waals surface area contributed by atoms with Crippen molar-refractivity contribution in [2.75, 3.05) is 5.32 Å². The number of fused-ring (bicyclic) bond motifs is 1. The van der Waals surface area contributed by atoms with Crippen LogP contribution in [0.5, 0.6) is 5.75 Å². The van der Waals surface area contributed by atoms with E-state index < -0.39 is 46.8 Å². The van der Waals surface area contributed by atoms with Crippen LogP contribution < -0.4 is 15.5 Å². The zero-order chi connectivity index (χ0) is 27.9. The van der Waals surface area contributed by atoms with Gasteiger partial charge in [-0.1, -0.05) is 45.0 Å². The minimum atomic E-state index is -2.34. The third kappa shape index (κ3) is 5.11. The summed E-state index contributed by atoms with van der Waals surface area (Å²) in [7, 11) is 0. The van der Waals surface area contributed by atoms with Crippen molar-refractivity contribution in [2.45, 2.75) is 39.2 Å². The first-order valence-electron chi connectivity index (χ1n) is 11.5. The minimum absolute atomic E-state index is 0.0622. The Labute approximate surface area is 213 Å². The molecule has 0 bridgehead atoms. The van der Waals surface area contributed by atoms with Crippen LogP contribution in [0.25, 0.3) is 22.3 Å². The number of anilines is 1. The number of carbonyl (C=O) groups is 1. The van der Waals surface area contributed by atoms with Crippen LogP contribution in [0.4, 0.5) is 27.6 Å². The summed E-state index contributed by atoms with van der Waals surface area (Å²) in [5, 5.41) is 2.64. The summed E-state index contributed by atoms with van der Waals surface area (Å²) in [5.41, 5.74) is 1.67. The first-order valence-corrected chi connectivity index (χ1v) is 11.5. The van der Waals surface area contributed by atoms with Gasteiger partial charge in [-0.25, -0.2) is 13.2 Å². The van der Waals surface area contributed by atoms with Gasteiger partial charge in [0.2, 0.25) is 29.1 Å². The molecule has 3 aromatic carbocycles. The van der Waals surface area contributed by atoms with Crippen LogP contribution in [0.1, 0.15) is 33.3 Å². The quantitative estimate of drug-likeness (QED) is 0.174. The number of amides is 1. The molecule has 5 nitrogen and oxygen atoms in total. The lowest BCUT2D eigenvalue weighted by atomic mass is 9.86. The first kappa shape index (κ1) is 26.8. The van der Waals surface area contributed by atoms with Gasteiger partial charge in [-0.05, 0) is 30.0 Å². The molecular weight excluding hydrogens is 509 g/mol. The van der Waals surface area contributed by atoms with Crippen LogP contribution in [0.3, 0.4) is 0 Å². The fourth-order valence-electron chi connectivity index (χ4n) is 3.67. The lowest BCUT2D eigenvalue weighted by molar-refractivity contribution is -0.122. The Kier molecular flexibility index (Phi) is 7.01. The zero-order valence-electron chi connectivity index (χ0n) is 20.7. The molecule has 198 valence electrons. The lowest BCUT2D eigenvalue weighted by Gasteiger charge is -2.19. The topological polar surface area (TPSA) is 68.5 Å². The summed E-state index contributed by atoms with van der Waals surface area (Å²) in [6.45, 7) is 7.28. The number of nitrogens with one attached hydrogen (secondary N) is 1. The normalized spacial score (nSPS) is 12.4. The predicted octanol–water partition coefficient (Wildman–Crippen LogP) is 6.86. The Hall–Kier alpha value is -4.21. The molecule has 1 amide bonds. The van der Waals surface area contributed by atoms with Gasteiger partial charge in [0.1, 0.15) is 11.3 Å². The summed E-state index contributed by atoms with van der Waals surface area (Å²) >= 11 is 0. The van der Waals surface area contributed by atoms with E-state index in [2.05, 4.69) is 26.1 Å². The maximum atomic E-state index is 13.9. The maximum absolute atomic E-state index is 13.9. The smallest absolute Gasteiger partial charge is 0.265 e. The van der Waals surface area contributed by atoms with Crippen molar-refractivity contribution in [3.8, 4) is 17.1 Å². The first-order chi connectivity index (χ1) is 17.8. The van der Waals surface area contributed by atoms with Crippen LogP contribution in [0.15, 0.2) is 57.7 Å². The van der Waals surface area contributed by atoms with E-state index in [0.717, 1.165) is 12.5 Å². The van der Waals surface area contributed by atoms with Crippen molar-refractivity contribution in [3.63, 3.8) is 0 Å². The number of halogens is 5. The number of carbonyl (C=O) groups excluding carboxylic acids is 1. The van der Waals surface area contributed by atoms with E-state index in [4.69, 9.17) is 9.15 Å². The average Bonchev–Trinajstić information content (AvgIpc) is 2.88. The second-order valence-corrected chi connectivity index (χ2v) is 9.66. The Balaban J connectivity index is 1.59. The second kappa shape index (κ2) is 9.92. The molecule has 4 aromatic rings. The molecule has 1 aromatic heterocycles. The van der Waals surface area contributed by atoms with Crippen LogP contribution in [0.2, 0.25) is 0 Å². The molecule has 0 fully saturated rings. The number of hydrogen-bond acceptors (Lipinski definition) is 4. The monoisotopic (exact) mass is 531 g/mol. The van der Waals surface area contributed by atoms with Gasteiger partial charge in [-0.3, -0.25) is 9.59 Å². The van der Waals surface area contributed by atoms with Crippen molar-refractivity contribution in [3.05, 3.63) is 93.4 Å². The molecule has 0 saturated heterocycles. The molecule has 1 N–H and O–H groups in total. The van der Waals surface area contributed by atoms with Crippen molar-refractivity contribution >= 4 is 22.6 Å². The highest BCUT2D eigenvalue weighted by Gasteiger charge is 2.29. The fourth-order valence-corrected chi connectivity index (χ4v) is 3.67. The van der Waals surface area contributed by atoms with Crippen molar-refractivity contribution in [1.29, 1.82) is 0 Å². The molecule has 0 spiro atoms. The SMILES string of the molecule is CC(Oc1c(F)c(F)c(F)c(F)c1F)C(=O)Nc1ccc2c(=O)cc(-c3ccc(C(C)(C)C)cc3)oc2c1. The van der Waals surface area contributed by atoms with E-state index in [0.29, 0.717) is 11.3 Å². The zero-order valence-corrected chi connectivity index (χ0v) is 20.7. The van der Waals surface area contributed by atoms with E-state index in [-0.39, 0.29) is 27.5 Å². The van der Waals surface area contributed by atoms with Gasteiger partial charge in [-0.15, -0.1) is 0 Å². The molecule has 0 radical (unpaired) electrons. The summed E-state index contributed by atoms with van der Waals surface area (Å²) < 4.78 is 78.6. The molecule has 1 unspecified atom stereocenters. The van der Waals surface area contributed by atoms with Crippen LogP contribution >= 0.6 is 0 Å². The van der Waals surface area contributed by atoms with Crippen LogP contribution in [-0.2, 0) is 10.2 Å². The minimum Gasteiger partial charge on any atom is -0.474 e. The van der Waals surface area contributed by atoms with E-state index in [9.17, 15) is 31.5 Å². The molecule has 1 atom stereocenters. The standard InChI is InChI=1S/C28H22F5NO4/c1-13(37-26-24(32)22(30)21(29)23(31)25(26)33)27(36)34-16-9-10-17-18(35)12-19(38-20(17)11-16)14-5-7-15(8-6-14)28(2,3)4/h5-13H,1-4H3,(H,34,36). The Morgan fingerprint density at radius 1 is 0.868 bits per heavy atom. The van der Waals surface area contributed by atoms with E-state index in [1.165, 1.54) is 24.3 Å². The van der Waals surface area contributed by atoms with Gasteiger partial charge in [-0.2, -0.15) is 8.78 Å². The number of hydrogen-bond donors (Lipinski definition) is 1. The van der Waals surface area contributed by atoms with Gasteiger partial charge in [0.15, 0.2) is 17.3 Å². The van der Waals surface area contributed by atoms with Gasteiger partial charge in [0.25, 0.3) is 5.91 Å². The molecule has 0 saturated carbocycles. The highest BCUT2D eigenvalue weighted by molar-refractivity contribution is 5.96. The van der Waals surface area contributed by atoms with E-state index in [1.54, 1.807) is 0 Å². The molecule has 0 aliphatic carbocycles. The molecule has 4 rings (SSSR count). The Morgan fingerprint density at radius 3 is 2.03 bits per heavy atom. The van der Waals surface area contributed by atoms with E-state index in [1.807, 2.05) is 24.3 Å². The summed E-state index contributed by atoms with van der Waals surface area (Å²) in [4.78, 5) is 25.2. The number of rotatable bonds is 5. The van der Waals surface area contributed by atoms with Crippen molar-refractivity contribution in [2.24, 2.45) is 0 Å². The second-order valence-electron chi connectivity index (χ2n) is 9.66. The van der Waals surface area contributed by atoms with Gasteiger partial charge in [0, 0.05) is 23.4 Å². The van der Waals surface area contributed by atoms with Gasteiger partial charge >= 0.3 is 0 Å². The average molecular weight is 531 g/mol. The number of ether oxygens (including phenoxy) is 1. The highest BCUT2D eigenvalue weighted by Crippen LogP contribution is 2.31. The van der Waals surface area contributed by atoms with E-state index >= 15 is 0 Å². The summed E-state index contributed by atoms with van der Waals surface area (Å²) in [6, 6.07) is 13.0. The van der Waals surface area contributed by atoms with Crippen LogP contribution in [0, 0.1) is 29.1 Å². The third-order valence-electron chi connectivity index (χ3n) is 5.87. The van der Waals surface area contributed by atoms with Crippen LogP contribution in [-0.4, -0.2) is 12.0 Å². The largest absolute Gasteiger partial charge is 0.474 e. The fraction of sp³-hybridized carbons (Fsp3) is 0.214. The predicted molar refractivity (Wildman–Crippen MR) is 132 cm³/mol. The Bertz CT molecular complexity index is 1580. The van der Waals surface area contributed by atoms with Crippen molar-refractivity contribution < 1.29 is 35.9 Å². The molecule has 0 aliphatic rings. The van der Waals surface area contributed by atoms with Gasteiger partial charge < -0.3 is 14.5 Å². The number of benzene rings is 3. The highest BCUT2D eigenvalue weighted by atomic mass is 19.2. The summed E-state index contributed by atoms with van der Waals surface area (Å²) in [5.74, 6) is -13.4. The lowest BCUT2D eigenvalue weighted by Crippen LogP contribution is -2.31. The van der Waals surface area contributed by atoms with Crippen molar-refractivity contribution in [1.82, 2.24) is 0 Å². The molecule has 1 heterocycles. The third-order valence-corrected chi connectivity index (χ3v) is 5.87. The Morgan fingerprint density at radius 2 is 1.45 bits per heavy atom. The molecule has 38 heavy (non-hydrogen) atoms. The summed E-state index contributed by atoms with van der Waals surface area (Å²) in [6.07, 6.45) is -1.65. The molecular formula is C28H22F5NO4. The molecule has 10 heteroatoms. The molecule has 0 aliphatic heterocycles. The van der Waals surface area contributed by atoms with Gasteiger partial charge in [0.05, 0.1) is 5.39 Å².